The lowest BCUT2D eigenvalue weighted by molar-refractivity contribution is 0.415. The van der Waals surface area contributed by atoms with Gasteiger partial charge in [0.2, 0.25) is 0 Å². The lowest BCUT2D eigenvalue weighted by Crippen LogP contribution is -1.99. The summed E-state index contributed by atoms with van der Waals surface area (Å²) in [5, 5.41) is 8.64. The van der Waals surface area contributed by atoms with Gasteiger partial charge in [0.15, 0.2) is 5.65 Å². The van der Waals surface area contributed by atoms with Crippen LogP contribution in [0.2, 0.25) is 0 Å². The molecule has 0 spiro atoms. The second-order valence-corrected chi connectivity index (χ2v) is 5.71. The van der Waals surface area contributed by atoms with Gasteiger partial charge in [-0.2, -0.15) is 5.10 Å². The van der Waals surface area contributed by atoms with E-state index in [0.29, 0.717) is 5.82 Å². The number of hydrogen-bond donors (Lipinski definition) is 1. The van der Waals surface area contributed by atoms with Crippen LogP contribution < -0.4 is 10.1 Å². The van der Waals surface area contributed by atoms with Crippen molar-refractivity contribution in [2.24, 2.45) is 0 Å². The largest absolute Gasteiger partial charge is 0.497 e. The topological polar surface area (TPSA) is 64.9 Å². The maximum atomic E-state index is 5.26. The fraction of sp³-hybridized carbons (Fsp3) is 0.105. The fourth-order valence-corrected chi connectivity index (χ4v) is 2.66. The van der Waals surface area contributed by atoms with Crippen molar-refractivity contribution in [1.29, 1.82) is 0 Å². The van der Waals surface area contributed by atoms with E-state index in [9.17, 15) is 0 Å². The highest BCUT2D eigenvalue weighted by Gasteiger charge is 2.11. The Morgan fingerprint density at radius 3 is 2.68 bits per heavy atom. The minimum Gasteiger partial charge on any atom is -0.497 e. The van der Waals surface area contributed by atoms with Crippen LogP contribution in [-0.2, 0) is 0 Å². The van der Waals surface area contributed by atoms with Gasteiger partial charge in [-0.15, -0.1) is 0 Å². The van der Waals surface area contributed by atoms with Crippen LogP contribution in [0.25, 0.3) is 16.7 Å². The monoisotopic (exact) mass is 331 g/mol. The Morgan fingerprint density at radius 1 is 1.04 bits per heavy atom. The summed E-state index contributed by atoms with van der Waals surface area (Å²) in [6.45, 7) is 2.06. The first-order valence-corrected chi connectivity index (χ1v) is 7.91. The number of benzene rings is 2. The van der Waals surface area contributed by atoms with E-state index in [2.05, 4.69) is 39.4 Å². The van der Waals surface area contributed by atoms with Gasteiger partial charge in [-0.05, 0) is 31.2 Å². The zero-order chi connectivity index (χ0) is 17.2. The van der Waals surface area contributed by atoms with Crippen LogP contribution in [-0.4, -0.2) is 26.9 Å². The first-order chi connectivity index (χ1) is 12.2. The standard InChI is InChI=1S/C19H17N5O/c1-13-6-8-15(9-7-13)24-19-17(11-22-24)18(20-12-21-19)23-14-4-3-5-16(10-14)25-2/h3-12H,1-2H3,(H,20,21,23). The number of rotatable bonds is 4. The van der Waals surface area contributed by atoms with Gasteiger partial charge in [0.25, 0.3) is 0 Å². The van der Waals surface area contributed by atoms with Gasteiger partial charge in [-0.25, -0.2) is 14.6 Å². The molecule has 0 saturated carbocycles. The molecule has 0 fully saturated rings. The van der Waals surface area contributed by atoms with Gasteiger partial charge in [0.1, 0.15) is 17.9 Å². The number of fused-ring (bicyclic) bond motifs is 1. The average molecular weight is 331 g/mol. The Balaban J connectivity index is 1.75. The van der Waals surface area contributed by atoms with Gasteiger partial charge in [0, 0.05) is 11.8 Å². The fourth-order valence-electron chi connectivity index (χ4n) is 2.66. The van der Waals surface area contributed by atoms with Crippen LogP contribution in [0.15, 0.2) is 61.1 Å². The molecule has 0 amide bonds. The van der Waals surface area contributed by atoms with E-state index in [1.54, 1.807) is 13.3 Å². The molecule has 0 aliphatic carbocycles. The summed E-state index contributed by atoms with van der Waals surface area (Å²) in [6.07, 6.45) is 3.31. The summed E-state index contributed by atoms with van der Waals surface area (Å²) in [7, 11) is 1.65. The van der Waals surface area contributed by atoms with E-state index in [0.717, 1.165) is 28.2 Å². The van der Waals surface area contributed by atoms with Crippen LogP contribution in [0, 0.1) is 6.92 Å². The van der Waals surface area contributed by atoms with E-state index in [1.807, 2.05) is 41.1 Å². The first kappa shape index (κ1) is 15.1. The smallest absolute Gasteiger partial charge is 0.168 e. The van der Waals surface area contributed by atoms with Crippen molar-refractivity contribution in [1.82, 2.24) is 19.7 Å². The molecular formula is C19H17N5O. The molecule has 0 unspecified atom stereocenters. The van der Waals surface area contributed by atoms with Crippen molar-refractivity contribution in [3.8, 4) is 11.4 Å². The van der Waals surface area contributed by atoms with Crippen molar-refractivity contribution >= 4 is 22.5 Å². The third kappa shape index (κ3) is 2.89. The Morgan fingerprint density at radius 2 is 1.88 bits per heavy atom. The lowest BCUT2D eigenvalue weighted by Gasteiger charge is -2.08. The molecular weight excluding hydrogens is 314 g/mol. The number of aromatic nitrogens is 4. The average Bonchev–Trinajstić information content (AvgIpc) is 3.08. The summed E-state index contributed by atoms with van der Waals surface area (Å²) in [5.41, 5.74) is 3.81. The summed E-state index contributed by atoms with van der Waals surface area (Å²) in [5.74, 6) is 1.49. The molecule has 2 aromatic heterocycles. The number of ether oxygens (including phenoxy) is 1. The third-order valence-electron chi connectivity index (χ3n) is 3.98. The van der Waals surface area contributed by atoms with Crippen LogP contribution in [0.4, 0.5) is 11.5 Å². The summed E-state index contributed by atoms with van der Waals surface area (Å²) in [4.78, 5) is 8.76. The second-order valence-electron chi connectivity index (χ2n) is 5.71. The van der Waals surface area contributed by atoms with Crippen molar-refractivity contribution in [3.05, 3.63) is 66.6 Å². The van der Waals surface area contributed by atoms with Crippen molar-refractivity contribution < 1.29 is 4.74 Å². The molecule has 0 aliphatic heterocycles. The summed E-state index contributed by atoms with van der Waals surface area (Å²) in [6, 6.07) is 15.9. The minimum atomic E-state index is 0.705. The molecule has 0 radical (unpaired) electrons. The first-order valence-electron chi connectivity index (χ1n) is 7.91. The van der Waals surface area contributed by atoms with E-state index < -0.39 is 0 Å². The molecule has 0 saturated heterocycles. The highest BCUT2D eigenvalue weighted by atomic mass is 16.5. The molecule has 0 aliphatic rings. The van der Waals surface area contributed by atoms with Gasteiger partial charge in [0.05, 0.1) is 24.4 Å². The summed E-state index contributed by atoms with van der Waals surface area (Å²) < 4.78 is 7.08. The zero-order valence-electron chi connectivity index (χ0n) is 14.0. The van der Waals surface area contributed by atoms with E-state index >= 15 is 0 Å². The molecule has 0 atom stereocenters. The third-order valence-corrected chi connectivity index (χ3v) is 3.98. The maximum absolute atomic E-state index is 5.26. The molecule has 2 aromatic carbocycles. The van der Waals surface area contributed by atoms with Crippen LogP contribution >= 0.6 is 0 Å². The lowest BCUT2D eigenvalue weighted by atomic mass is 10.2. The minimum absolute atomic E-state index is 0.705. The number of nitrogens with zero attached hydrogens (tertiary/aromatic N) is 4. The van der Waals surface area contributed by atoms with E-state index in [1.165, 1.54) is 11.9 Å². The maximum Gasteiger partial charge on any atom is 0.168 e. The molecule has 6 heteroatoms. The van der Waals surface area contributed by atoms with Crippen molar-refractivity contribution in [2.45, 2.75) is 6.92 Å². The predicted molar refractivity (Wildman–Crippen MR) is 97.7 cm³/mol. The normalized spacial score (nSPS) is 10.8. The molecule has 0 bridgehead atoms. The van der Waals surface area contributed by atoms with Crippen LogP contribution in [0.3, 0.4) is 0 Å². The number of methoxy groups -OCH3 is 1. The van der Waals surface area contributed by atoms with Gasteiger partial charge >= 0.3 is 0 Å². The van der Waals surface area contributed by atoms with Crippen LogP contribution in [0.5, 0.6) is 5.75 Å². The summed E-state index contributed by atoms with van der Waals surface area (Å²) >= 11 is 0. The Hall–Kier alpha value is -3.41. The molecule has 124 valence electrons. The van der Waals surface area contributed by atoms with Crippen LogP contribution in [0.1, 0.15) is 5.56 Å². The van der Waals surface area contributed by atoms with E-state index in [4.69, 9.17) is 4.74 Å². The molecule has 4 aromatic rings. The van der Waals surface area contributed by atoms with Gasteiger partial charge in [-0.1, -0.05) is 23.8 Å². The van der Waals surface area contributed by atoms with Crippen molar-refractivity contribution in [2.75, 3.05) is 12.4 Å². The Labute approximate surface area is 145 Å². The molecule has 1 N–H and O–H groups in total. The van der Waals surface area contributed by atoms with Crippen molar-refractivity contribution in [3.63, 3.8) is 0 Å². The highest BCUT2D eigenvalue weighted by Crippen LogP contribution is 2.26. The predicted octanol–water partition coefficient (Wildman–Crippen LogP) is 3.88. The number of aryl methyl sites for hydroxylation is 1. The quantitative estimate of drug-likeness (QED) is 0.615. The highest BCUT2D eigenvalue weighted by molar-refractivity contribution is 5.89. The van der Waals surface area contributed by atoms with Gasteiger partial charge < -0.3 is 10.1 Å². The molecule has 25 heavy (non-hydrogen) atoms. The van der Waals surface area contributed by atoms with E-state index in [-0.39, 0.29) is 0 Å². The molecule has 6 nitrogen and oxygen atoms in total. The Bertz CT molecular complexity index is 1020. The zero-order valence-corrected chi connectivity index (χ0v) is 14.0. The van der Waals surface area contributed by atoms with Gasteiger partial charge in [-0.3, -0.25) is 0 Å². The SMILES string of the molecule is COc1cccc(Nc2ncnc3c2cnn3-c2ccc(C)cc2)c1. The second kappa shape index (κ2) is 6.24. The molecule has 4 rings (SSSR count). The number of nitrogens with one attached hydrogen (secondary N) is 1. The Kier molecular flexibility index (Phi) is 3.78. The molecule has 2 heterocycles. The number of hydrogen-bond acceptors (Lipinski definition) is 5. The number of anilines is 2.